The van der Waals surface area contributed by atoms with Crippen LogP contribution >= 0.6 is 0 Å². The van der Waals surface area contributed by atoms with Crippen molar-refractivity contribution in [3.63, 3.8) is 0 Å². The van der Waals surface area contributed by atoms with Crippen LogP contribution in [0, 0.1) is 0 Å². The molecule has 0 bridgehead atoms. The predicted octanol–water partition coefficient (Wildman–Crippen LogP) is 2.80. The Morgan fingerprint density at radius 3 is 2.60 bits per heavy atom. The van der Waals surface area contributed by atoms with E-state index in [0.717, 1.165) is 18.3 Å². The standard InChI is InChI=1S/C11H7F3N2O4/c12-11(13,14)20-7-3-1-2-6(4-7)19-10-15-5-8(16-10)9(17)18/h1-5H,(H,15,16)(H,17,18). The number of ether oxygens (including phenoxy) is 2. The second-order valence-electron chi connectivity index (χ2n) is 3.53. The number of carbonyl (C=O) groups is 1. The van der Waals surface area contributed by atoms with E-state index in [9.17, 15) is 18.0 Å². The Balaban J connectivity index is 2.13. The summed E-state index contributed by atoms with van der Waals surface area (Å²) in [6, 6.07) is 4.59. The van der Waals surface area contributed by atoms with Gasteiger partial charge in [0.2, 0.25) is 0 Å². The summed E-state index contributed by atoms with van der Waals surface area (Å²) in [4.78, 5) is 16.6. The number of hydrogen-bond acceptors (Lipinski definition) is 4. The zero-order valence-corrected chi connectivity index (χ0v) is 9.64. The van der Waals surface area contributed by atoms with Gasteiger partial charge in [-0.1, -0.05) is 6.07 Å². The normalized spacial score (nSPS) is 11.2. The van der Waals surface area contributed by atoms with Crippen LogP contribution in [0.3, 0.4) is 0 Å². The molecule has 0 amide bonds. The summed E-state index contributed by atoms with van der Waals surface area (Å²) < 4.78 is 44.9. The average molecular weight is 288 g/mol. The van der Waals surface area contributed by atoms with Gasteiger partial charge in [-0.25, -0.2) is 9.78 Å². The molecule has 0 aliphatic carbocycles. The first-order chi connectivity index (χ1) is 9.33. The van der Waals surface area contributed by atoms with Crippen molar-refractivity contribution < 1.29 is 32.5 Å². The second-order valence-corrected chi connectivity index (χ2v) is 3.53. The first-order valence-electron chi connectivity index (χ1n) is 5.15. The van der Waals surface area contributed by atoms with E-state index in [0.29, 0.717) is 0 Å². The van der Waals surface area contributed by atoms with Gasteiger partial charge in [-0.05, 0) is 12.1 Å². The van der Waals surface area contributed by atoms with Crippen LogP contribution in [0.1, 0.15) is 10.5 Å². The number of aromatic nitrogens is 2. The molecule has 2 rings (SSSR count). The molecule has 0 spiro atoms. The maximum absolute atomic E-state index is 12.0. The third-order valence-corrected chi connectivity index (χ3v) is 2.04. The highest BCUT2D eigenvalue weighted by Gasteiger charge is 2.31. The summed E-state index contributed by atoms with van der Waals surface area (Å²) in [5.74, 6) is -1.68. The number of rotatable bonds is 4. The van der Waals surface area contributed by atoms with Crippen molar-refractivity contribution in [3.8, 4) is 17.5 Å². The van der Waals surface area contributed by atoms with Crippen LogP contribution in [0.25, 0.3) is 0 Å². The van der Waals surface area contributed by atoms with Crippen molar-refractivity contribution in [3.05, 3.63) is 36.2 Å². The van der Waals surface area contributed by atoms with E-state index < -0.39 is 18.1 Å². The molecule has 1 aromatic carbocycles. The molecule has 9 heteroatoms. The van der Waals surface area contributed by atoms with E-state index in [1.807, 2.05) is 0 Å². The summed E-state index contributed by atoms with van der Waals surface area (Å²) in [6.45, 7) is 0. The van der Waals surface area contributed by atoms with Gasteiger partial charge < -0.3 is 19.6 Å². The van der Waals surface area contributed by atoms with Crippen LogP contribution in [0.4, 0.5) is 13.2 Å². The fourth-order valence-electron chi connectivity index (χ4n) is 1.31. The van der Waals surface area contributed by atoms with E-state index in [2.05, 4.69) is 14.7 Å². The number of benzene rings is 1. The van der Waals surface area contributed by atoms with Crippen molar-refractivity contribution >= 4 is 5.97 Å². The highest BCUT2D eigenvalue weighted by molar-refractivity contribution is 5.85. The number of H-pyrrole nitrogens is 1. The molecule has 0 saturated heterocycles. The summed E-state index contributed by atoms with van der Waals surface area (Å²) in [7, 11) is 0. The fourth-order valence-corrected chi connectivity index (χ4v) is 1.31. The molecule has 2 N–H and O–H groups in total. The molecule has 0 aliphatic rings. The van der Waals surface area contributed by atoms with Crippen LogP contribution in [0.15, 0.2) is 30.5 Å². The predicted molar refractivity (Wildman–Crippen MR) is 58.7 cm³/mol. The molecular weight excluding hydrogens is 281 g/mol. The van der Waals surface area contributed by atoms with E-state index >= 15 is 0 Å². The Morgan fingerprint density at radius 2 is 2.00 bits per heavy atom. The molecule has 1 aromatic heterocycles. The summed E-state index contributed by atoms with van der Waals surface area (Å²) >= 11 is 0. The Hall–Kier alpha value is -2.71. The average Bonchev–Trinajstić information content (AvgIpc) is 2.75. The van der Waals surface area contributed by atoms with Gasteiger partial charge in [0, 0.05) is 6.07 Å². The van der Waals surface area contributed by atoms with Crippen molar-refractivity contribution in [1.29, 1.82) is 0 Å². The number of halogens is 3. The van der Waals surface area contributed by atoms with Gasteiger partial charge in [0.25, 0.3) is 6.01 Å². The molecule has 106 valence electrons. The first kappa shape index (κ1) is 13.7. The molecule has 0 saturated carbocycles. The lowest BCUT2D eigenvalue weighted by atomic mass is 10.3. The van der Waals surface area contributed by atoms with Crippen molar-refractivity contribution in [1.82, 2.24) is 9.97 Å². The SMILES string of the molecule is O=C(O)c1cnc(Oc2cccc(OC(F)(F)F)c2)[nH]1. The number of carboxylic acids is 1. The van der Waals surface area contributed by atoms with Crippen LogP contribution in [0.2, 0.25) is 0 Å². The number of imidazole rings is 1. The highest BCUT2D eigenvalue weighted by atomic mass is 19.4. The number of aromatic carboxylic acids is 1. The van der Waals surface area contributed by atoms with Gasteiger partial charge in [-0.3, -0.25) is 0 Å². The van der Waals surface area contributed by atoms with Crippen molar-refractivity contribution in [2.45, 2.75) is 6.36 Å². The molecule has 2 aromatic rings. The van der Waals surface area contributed by atoms with Gasteiger partial charge in [0.05, 0.1) is 6.20 Å². The summed E-state index contributed by atoms with van der Waals surface area (Å²) in [5, 5.41) is 8.66. The molecule has 0 fully saturated rings. The molecule has 0 unspecified atom stereocenters. The monoisotopic (exact) mass is 288 g/mol. The zero-order chi connectivity index (χ0) is 14.8. The highest BCUT2D eigenvalue weighted by Crippen LogP contribution is 2.27. The Kier molecular flexibility index (Phi) is 3.51. The van der Waals surface area contributed by atoms with Gasteiger partial charge in [-0.15, -0.1) is 13.2 Å². The molecule has 20 heavy (non-hydrogen) atoms. The maximum atomic E-state index is 12.0. The summed E-state index contributed by atoms with van der Waals surface area (Å²) in [6.07, 6.45) is -3.78. The van der Waals surface area contributed by atoms with E-state index in [1.54, 1.807) is 0 Å². The maximum Gasteiger partial charge on any atom is 0.573 e. The third-order valence-electron chi connectivity index (χ3n) is 2.04. The van der Waals surface area contributed by atoms with Crippen molar-refractivity contribution in [2.75, 3.05) is 0 Å². The molecule has 0 atom stereocenters. The van der Waals surface area contributed by atoms with Gasteiger partial charge in [0.1, 0.15) is 17.2 Å². The number of nitrogens with zero attached hydrogens (tertiary/aromatic N) is 1. The minimum atomic E-state index is -4.81. The molecule has 0 aliphatic heterocycles. The number of carboxylic acid groups (broad SMARTS) is 1. The smallest absolute Gasteiger partial charge is 0.477 e. The molecule has 0 radical (unpaired) electrons. The number of hydrogen-bond donors (Lipinski definition) is 2. The van der Waals surface area contributed by atoms with Crippen LogP contribution < -0.4 is 9.47 Å². The van der Waals surface area contributed by atoms with E-state index in [1.165, 1.54) is 12.1 Å². The minimum absolute atomic E-state index is 0.0121. The Labute approximate surface area is 109 Å². The van der Waals surface area contributed by atoms with Crippen molar-refractivity contribution in [2.24, 2.45) is 0 Å². The van der Waals surface area contributed by atoms with Crippen LogP contribution in [-0.2, 0) is 0 Å². The fraction of sp³-hybridized carbons (Fsp3) is 0.0909. The number of alkyl halides is 3. The largest absolute Gasteiger partial charge is 0.573 e. The summed E-state index contributed by atoms with van der Waals surface area (Å²) in [5.41, 5.74) is -0.206. The van der Waals surface area contributed by atoms with Gasteiger partial charge >= 0.3 is 12.3 Å². The number of nitrogens with one attached hydrogen (secondary N) is 1. The first-order valence-corrected chi connectivity index (χ1v) is 5.15. The Morgan fingerprint density at radius 1 is 1.30 bits per heavy atom. The van der Waals surface area contributed by atoms with Gasteiger partial charge in [0.15, 0.2) is 0 Å². The van der Waals surface area contributed by atoms with Crippen LogP contribution in [-0.4, -0.2) is 27.4 Å². The molecular formula is C11H7F3N2O4. The van der Waals surface area contributed by atoms with E-state index in [-0.39, 0.29) is 17.5 Å². The lowest BCUT2D eigenvalue weighted by molar-refractivity contribution is -0.274. The van der Waals surface area contributed by atoms with Crippen LogP contribution in [0.5, 0.6) is 17.5 Å². The Bertz CT molecular complexity index is 624. The lowest BCUT2D eigenvalue weighted by Gasteiger charge is -2.09. The topological polar surface area (TPSA) is 84.4 Å². The third kappa shape index (κ3) is 3.64. The lowest BCUT2D eigenvalue weighted by Crippen LogP contribution is -2.17. The molecule has 6 nitrogen and oxygen atoms in total. The minimum Gasteiger partial charge on any atom is -0.477 e. The van der Waals surface area contributed by atoms with Gasteiger partial charge in [-0.2, -0.15) is 0 Å². The second kappa shape index (κ2) is 5.11. The quantitative estimate of drug-likeness (QED) is 0.903. The van der Waals surface area contributed by atoms with E-state index in [4.69, 9.17) is 9.84 Å². The zero-order valence-electron chi connectivity index (χ0n) is 9.64. The number of aromatic amines is 1. The molecule has 1 heterocycles.